The van der Waals surface area contributed by atoms with E-state index in [-0.39, 0.29) is 5.92 Å². The van der Waals surface area contributed by atoms with Gasteiger partial charge in [0.1, 0.15) is 0 Å². The highest BCUT2D eigenvalue weighted by Crippen LogP contribution is 2.44. The largest absolute Gasteiger partial charge is 0.429 e. The molecule has 2 aliphatic rings. The monoisotopic (exact) mass is 416 g/mol. The van der Waals surface area contributed by atoms with E-state index in [9.17, 15) is 17.6 Å². The second kappa shape index (κ2) is 10.1. The number of hydrogen-bond acceptors (Lipinski definition) is 1. The van der Waals surface area contributed by atoms with Crippen LogP contribution < -0.4 is 4.74 Å². The summed E-state index contributed by atoms with van der Waals surface area (Å²) < 4.78 is 56.6. The van der Waals surface area contributed by atoms with Gasteiger partial charge < -0.3 is 4.74 Å². The van der Waals surface area contributed by atoms with Crippen molar-refractivity contribution in [2.45, 2.75) is 89.0 Å². The number of hydrogen-bond donors (Lipinski definition) is 0. The van der Waals surface area contributed by atoms with Crippen LogP contribution in [0.15, 0.2) is 12.1 Å². The van der Waals surface area contributed by atoms with Crippen LogP contribution in [0.1, 0.15) is 69.8 Å². The second-order valence-corrected chi connectivity index (χ2v) is 12.2. The van der Waals surface area contributed by atoms with Crippen molar-refractivity contribution >= 4 is 8.80 Å². The summed E-state index contributed by atoms with van der Waals surface area (Å²) in [5.41, 5.74) is 0.575. The summed E-state index contributed by atoms with van der Waals surface area (Å²) in [4.78, 5) is 0. The van der Waals surface area contributed by atoms with Gasteiger partial charge in [0.2, 0.25) is 0 Å². The molecule has 3 rings (SSSR count). The van der Waals surface area contributed by atoms with Crippen LogP contribution in [-0.2, 0) is 0 Å². The molecule has 2 fully saturated rings. The predicted octanol–water partition coefficient (Wildman–Crippen LogP) is 7.28. The van der Waals surface area contributed by atoms with Gasteiger partial charge in [0.05, 0.1) is 0 Å². The first-order chi connectivity index (χ1) is 13.5. The van der Waals surface area contributed by atoms with Crippen molar-refractivity contribution < 1.29 is 22.3 Å². The highest BCUT2D eigenvalue weighted by Gasteiger charge is 2.32. The molecule has 0 N–H and O–H groups in total. The fourth-order valence-corrected chi connectivity index (χ4v) is 9.03. The van der Waals surface area contributed by atoms with E-state index >= 15 is 0 Å². The summed E-state index contributed by atoms with van der Waals surface area (Å²) in [5, 5.41) is 0. The third-order valence-corrected chi connectivity index (χ3v) is 10.5. The van der Waals surface area contributed by atoms with Crippen molar-refractivity contribution in [3.8, 4) is 5.75 Å². The number of alkyl halides is 2. The lowest BCUT2D eigenvalue weighted by molar-refractivity contribution is -0.0546. The van der Waals surface area contributed by atoms with E-state index in [0.29, 0.717) is 5.56 Å². The Morgan fingerprint density at radius 3 is 2.07 bits per heavy atom. The average Bonchev–Trinajstić information content (AvgIpc) is 2.69. The number of rotatable bonds is 7. The minimum atomic E-state index is -3.23. The molecule has 0 bridgehead atoms. The first-order valence-electron chi connectivity index (χ1n) is 10.9. The molecule has 0 spiro atoms. The van der Waals surface area contributed by atoms with Crippen LogP contribution in [0.4, 0.5) is 17.6 Å². The number of halogens is 4. The molecule has 1 heterocycles. The quantitative estimate of drug-likeness (QED) is 0.335. The van der Waals surface area contributed by atoms with Crippen molar-refractivity contribution in [3.63, 3.8) is 0 Å². The van der Waals surface area contributed by atoms with Crippen LogP contribution in [-0.4, -0.2) is 15.4 Å². The Hall–Kier alpha value is -1.04. The molecular formula is C22H32F4OSi. The van der Waals surface area contributed by atoms with Gasteiger partial charge in [-0.2, -0.15) is 8.78 Å². The summed E-state index contributed by atoms with van der Waals surface area (Å²) in [6.45, 7) is -0.958. The van der Waals surface area contributed by atoms with Crippen molar-refractivity contribution in [2.75, 3.05) is 0 Å². The lowest BCUT2D eigenvalue weighted by Crippen LogP contribution is -2.28. The first-order valence-corrected chi connectivity index (χ1v) is 13.4. The molecule has 0 aromatic heterocycles. The number of ether oxygens (including phenoxy) is 1. The molecule has 0 unspecified atom stereocenters. The third-order valence-electron chi connectivity index (χ3n) is 6.99. The molecule has 1 nitrogen and oxygen atoms in total. The van der Waals surface area contributed by atoms with Crippen LogP contribution in [0, 0.1) is 23.5 Å². The fraction of sp³-hybridized carbons (Fsp3) is 0.727. The van der Waals surface area contributed by atoms with Gasteiger partial charge in [-0.1, -0.05) is 50.7 Å². The van der Waals surface area contributed by atoms with Gasteiger partial charge in [0.25, 0.3) is 0 Å². The van der Waals surface area contributed by atoms with Crippen LogP contribution in [0.5, 0.6) is 5.75 Å². The zero-order valence-electron chi connectivity index (χ0n) is 16.7. The maximum atomic E-state index is 14.0. The van der Waals surface area contributed by atoms with Crippen molar-refractivity contribution in [1.29, 1.82) is 0 Å². The van der Waals surface area contributed by atoms with E-state index in [1.54, 1.807) is 0 Å². The van der Waals surface area contributed by atoms with E-state index in [1.165, 1.54) is 55.9 Å². The number of unbranched alkanes of at least 4 members (excludes halogenated alkanes) is 1. The maximum Gasteiger partial charge on any atom is 0.387 e. The molecule has 1 saturated heterocycles. The van der Waals surface area contributed by atoms with Gasteiger partial charge in [-0.3, -0.25) is 0 Å². The molecule has 0 radical (unpaired) electrons. The summed E-state index contributed by atoms with van der Waals surface area (Å²) in [5.74, 6) is -1.36. The van der Waals surface area contributed by atoms with Crippen molar-refractivity contribution in [2.24, 2.45) is 11.8 Å². The molecule has 1 aromatic carbocycles. The highest BCUT2D eigenvalue weighted by atomic mass is 28.3. The van der Waals surface area contributed by atoms with Crippen LogP contribution >= 0.6 is 0 Å². The summed E-state index contributed by atoms with van der Waals surface area (Å²) in [6.07, 6.45) is 9.55. The Bertz CT molecular complexity index is 600. The SMILES string of the molecule is CCCC[SiH]1CCC(C2CCC(c3cc(F)c(OC(F)F)c(F)c3)CC2)CC1. The Morgan fingerprint density at radius 2 is 1.54 bits per heavy atom. The Balaban J connectivity index is 1.52. The zero-order valence-corrected chi connectivity index (χ0v) is 17.9. The van der Waals surface area contributed by atoms with E-state index in [4.69, 9.17) is 0 Å². The lowest BCUT2D eigenvalue weighted by atomic mass is 9.72. The fourth-order valence-electron chi connectivity index (χ4n) is 5.38. The van der Waals surface area contributed by atoms with E-state index < -0.39 is 32.8 Å². The summed E-state index contributed by atoms with van der Waals surface area (Å²) >= 11 is 0. The van der Waals surface area contributed by atoms with E-state index in [2.05, 4.69) is 11.7 Å². The number of benzene rings is 1. The van der Waals surface area contributed by atoms with Crippen molar-refractivity contribution in [1.82, 2.24) is 0 Å². The molecule has 158 valence electrons. The highest BCUT2D eigenvalue weighted by molar-refractivity contribution is 6.58. The zero-order chi connectivity index (χ0) is 20.1. The van der Waals surface area contributed by atoms with Gasteiger partial charge in [-0.05, 0) is 61.1 Å². The van der Waals surface area contributed by atoms with Gasteiger partial charge in [-0.15, -0.1) is 0 Å². The van der Waals surface area contributed by atoms with E-state index in [0.717, 1.165) is 37.5 Å². The molecule has 1 aromatic rings. The lowest BCUT2D eigenvalue weighted by Gasteiger charge is -2.37. The smallest absolute Gasteiger partial charge is 0.387 e. The Kier molecular flexibility index (Phi) is 7.83. The molecule has 0 atom stereocenters. The Labute approximate surface area is 167 Å². The topological polar surface area (TPSA) is 9.23 Å². The molecule has 0 amide bonds. The summed E-state index contributed by atoms with van der Waals surface area (Å²) in [6, 6.07) is 6.85. The third kappa shape index (κ3) is 5.52. The van der Waals surface area contributed by atoms with Gasteiger partial charge in [0.15, 0.2) is 17.4 Å². The van der Waals surface area contributed by atoms with Gasteiger partial charge in [0, 0.05) is 8.80 Å². The van der Waals surface area contributed by atoms with Crippen molar-refractivity contribution in [3.05, 3.63) is 29.3 Å². The predicted molar refractivity (Wildman–Crippen MR) is 107 cm³/mol. The van der Waals surface area contributed by atoms with Gasteiger partial charge >= 0.3 is 6.61 Å². The molecule has 1 saturated carbocycles. The van der Waals surface area contributed by atoms with Crippen LogP contribution in [0.3, 0.4) is 0 Å². The van der Waals surface area contributed by atoms with Gasteiger partial charge in [-0.25, -0.2) is 8.78 Å². The Morgan fingerprint density at radius 1 is 0.964 bits per heavy atom. The molecule has 28 heavy (non-hydrogen) atoms. The minimum Gasteiger partial charge on any atom is -0.429 e. The second-order valence-electron chi connectivity index (χ2n) is 8.73. The molecular weight excluding hydrogens is 384 g/mol. The summed E-state index contributed by atoms with van der Waals surface area (Å²) in [7, 11) is -0.474. The minimum absolute atomic E-state index is 0.108. The van der Waals surface area contributed by atoms with Crippen LogP contribution in [0.2, 0.25) is 18.1 Å². The molecule has 1 aliphatic heterocycles. The first kappa shape index (κ1) is 21.7. The molecule has 6 heteroatoms. The normalized spacial score (nSPS) is 28.5. The molecule has 1 aliphatic carbocycles. The van der Waals surface area contributed by atoms with E-state index in [1.807, 2.05) is 0 Å². The van der Waals surface area contributed by atoms with Crippen LogP contribution in [0.25, 0.3) is 0 Å². The maximum absolute atomic E-state index is 14.0. The standard InChI is InChI=1S/C22H32F4OSi/c1-2-3-10-28-11-8-17(9-12-28)15-4-6-16(7-5-15)18-13-19(23)21(20(24)14-18)27-22(25)26/h13-17,22,28H,2-12H2,1H3. The average molecular weight is 417 g/mol.